The largest absolute Gasteiger partial charge is 0.356 e. The lowest BCUT2D eigenvalue weighted by Gasteiger charge is -2.33. The minimum atomic E-state index is -0.705. The molecule has 0 spiro atoms. The van der Waals surface area contributed by atoms with E-state index < -0.39 is 12.1 Å². The van der Waals surface area contributed by atoms with Crippen LogP contribution in [0, 0.1) is 0 Å². The van der Waals surface area contributed by atoms with E-state index in [0.29, 0.717) is 0 Å². The molecule has 1 aromatic heterocycles. The first-order valence-corrected chi connectivity index (χ1v) is 7.85. The molecule has 6 nitrogen and oxygen atoms in total. The van der Waals surface area contributed by atoms with Gasteiger partial charge in [0.2, 0.25) is 5.91 Å². The van der Waals surface area contributed by atoms with Gasteiger partial charge >= 0.3 is 0 Å². The van der Waals surface area contributed by atoms with Crippen molar-refractivity contribution in [3.8, 4) is 0 Å². The maximum atomic E-state index is 12.5. The molecular weight excluding hydrogens is 282 g/mol. The normalized spacial score (nSPS) is 26.3. The first-order chi connectivity index (χ1) is 10.7. The van der Waals surface area contributed by atoms with Crippen LogP contribution in [-0.4, -0.2) is 35.6 Å². The van der Waals surface area contributed by atoms with E-state index in [4.69, 9.17) is 4.74 Å². The number of hydrogen-bond acceptors (Lipinski definition) is 4. The Morgan fingerprint density at radius 1 is 1.32 bits per heavy atom. The van der Waals surface area contributed by atoms with Gasteiger partial charge in [-0.1, -0.05) is 25.3 Å². The summed E-state index contributed by atoms with van der Waals surface area (Å²) in [6.07, 6.45) is 8.18. The van der Waals surface area contributed by atoms with Crippen molar-refractivity contribution in [2.75, 3.05) is 6.61 Å². The Kier molecular flexibility index (Phi) is 4.68. The Morgan fingerprint density at radius 3 is 2.86 bits per heavy atom. The molecule has 22 heavy (non-hydrogen) atoms. The van der Waals surface area contributed by atoms with Gasteiger partial charge in [0.15, 0.2) is 6.10 Å². The summed E-state index contributed by atoms with van der Waals surface area (Å²) >= 11 is 0. The highest BCUT2D eigenvalue weighted by atomic mass is 16.5. The van der Waals surface area contributed by atoms with Gasteiger partial charge in [0.25, 0.3) is 5.91 Å². The molecule has 2 N–H and O–H groups in total. The Balaban J connectivity index is 1.71. The molecule has 2 aliphatic rings. The van der Waals surface area contributed by atoms with Crippen molar-refractivity contribution in [1.82, 2.24) is 15.6 Å². The average Bonchev–Trinajstić information content (AvgIpc) is 2.56. The fourth-order valence-corrected chi connectivity index (χ4v) is 3.13. The van der Waals surface area contributed by atoms with Crippen molar-refractivity contribution in [2.24, 2.45) is 0 Å². The van der Waals surface area contributed by atoms with E-state index >= 15 is 0 Å². The van der Waals surface area contributed by atoms with Crippen LogP contribution >= 0.6 is 0 Å². The van der Waals surface area contributed by atoms with Crippen molar-refractivity contribution >= 4 is 11.8 Å². The molecule has 1 saturated heterocycles. The number of rotatable bonds is 3. The van der Waals surface area contributed by atoms with Crippen molar-refractivity contribution < 1.29 is 14.3 Å². The zero-order chi connectivity index (χ0) is 15.4. The highest BCUT2D eigenvalue weighted by Crippen LogP contribution is 2.23. The maximum Gasteiger partial charge on any atom is 0.251 e. The van der Waals surface area contributed by atoms with Gasteiger partial charge in [0.05, 0.1) is 6.04 Å². The third-order valence-corrected chi connectivity index (χ3v) is 4.27. The molecule has 1 aromatic rings. The smallest absolute Gasteiger partial charge is 0.251 e. The predicted octanol–water partition coefficient (Wildman–Crippen LogP) is 1.09. The van der Waals surface area contributed by atoms with Crippen LogP contribution in [0.4, 0.5) is 0 Å². The minimum Gasteiger partial charge on any atom is -0.356 e. The van der Waals surface area contributed by atoms with E-state index in [-0.39, 0.29) is 24.5 Å². The number of amides is 2. The van der Waals surface area contributed by atoms with E-state index in [1.165, 1.54) is 6.42 Å². The summed E-state index contributed by atoms with van der Waals surface area (Å²) in [4.78, 5) is 28.2. The highest BCUT2D eigenvalue weighted by molar-refractivity contribution is 5.86. The predicted molar refractivity (Wildman–Crippen MR) is 79.9 cm³/mol. The van der Waals surface area contributed by atoms with Crippen LogP contribution in [0.3, 0.4) is 0 Å². The topological polar surface area (TPSA) is 80.3 Å². The number of nitrogens with one attached hydrogen (secondary N) is 2. The monoisotopic (exact) mass is 303 g/mol. The molecule has 1 aliphatic carbocycles. The number of ether oxygens (including phenoxy) is 1. The van der Waals surface area contributed by atoms with Crippen LogP contribution in [0.5, 0.6) is 0 Å². The molecule has 0 bridgehead atoms. The molecule has 118 valence electrons. The zero-order valence-corrected chi connectivity index (χ0v) is 12.5. The molecule has 2 amide bonds. The van der Waals surface area contributed by atoms with Crippen molar-refractivity contribution in [2.45, 2.75) is 50.3 Å². The number of nitrogens with zero attached hydrogens (tertiary/aromatic N) is 1. The second-order valence-corrected chi connectivity index (χ2v) is 5.91. The third kappa shape index (κ3) is 3.44. The Hall–Kier alpha value is -1.95. The lowest BCUT2D eigenvalue weighted by atomic mass is 9.94. The SMILES string of the molecule is O=C1CO[C@H](C(=O)NC2CCCCC2)[C@@H](c2cccnc2)N1. The number of carbonyl (C=O) groups excluding carboxylic acids is 2. The number of pyridine rings is 1. The summed E-state index contributed by atoms with van der Waals surface area (Å²) < 4.78 is 5.51. The lowest BCUT2D eigenvalue weighted by molar-refractivity contribution is -0.148. The first-order valence-electron chi connectivity index (χ1n) is 7.85. The number of carbonyl (C=O) groups is 2. The van der Waals surface area contributed by atoms with Crippen LogP contribution < -0.4 is 10.6 Å². The summed E-state index contributed by atoms with van der Waals surface area (Å²) in [5.41, 5.74) is 0.777. The Bertz CT molecular complexity index is 529. The van der Waals surface area contributed by atoms with E-state index in [0.717, 1.165) is 31.2 Å². The second kappa shape index (κ2) is 6.87. The van der Waals surface area contributed by atoms with Crippen molar-refractivity contribution in [3.05, 3.63) is 30.1 Å². The first kappa shape index (κ1) is 15.0. The van der Waals surface area contributed by atoms with E-state index in [1.54, 1.807) is 18.5 Å². The van der Waals surface area contributed by atoms with Crippen LogP contribution in [-0.2, 0) is 14.3 Å². The third-order valence-electron chi connectivity index (χ3n) is 4.27. The van der Waals surface area contributed by atoms with Gasteiger partial charge in [0.1, 0.15) is 6.61 Å². The lowest BCUT2D eigenvalue weighted by Crippen LogP contribution is -2.54. The molecule has 0 aromatic carbocycles. The average molecular weight is 303 g/mol. The molecule has 2 heterocycles. The van der Waals surface area contributed by atoms with Gasteiger partial charge in [-0.3, -0.25) is 14.6 Å². The summed E-state index contributed by atoms with van der Waals surface area (Å²) in [6.45, 7) is -0.0838. The molecule has 0 unspecified atom stereocenters. The fraction of sp³-hybridized carbons (Fsp3) is 0.562. The summed E-state index contributed by atoms with van der Waals surface area (Å²) in [6, 6.07) is 3.36. The van der Waals surface area contributed by atoms with Crippen molar-refractivity contribution in [1.29, 1.82) is 0 Å². The van der Waals surface area contributed by atoms with Crippen LogP contribution in [0.2, 0.25) is 0 Å². The second-order valence-electron chi connectivity index (χ2n) is 5.91. The number of morpholine rings is 1. The fourth-order valence-electron chi connectivity index (χ4n) is 3.13. The number of hydrogen-bond donors (Lipinski definition) is 2. The molecule has 2 atom stereocenters. The van der Waals surface area contributed by atoms with Gasteiger partial charge < -0.3 is 15.4 Å². The molecule has 2 fully saturated rings. The Morgan fingerprint density at radius 2 is 2.14 bits per heavy atom. The molecule has 6 heteroatoms. The van der Waals surface area contributed by atoms with Gasteiger partial charge in [-0.25, -0.2) is 0 Å². The molecule has 0 radical (unpaired) electrons. The van der Waals surface area contributed by atoms with E-state index in [2.05, 4.69) is 15.6 Å². The maximum absolute atomic E-state index is 12.5. The van der Waals surface area contributed by atoms with Gasteiger partial charge in [-0.2, -0.15) is 0 Å². The summed E-state index contributed by atoms with van der Waals surface area (Å²) in [5.74, 6) is -0.365. The van der Waals surface area contributed by atoms with Gasteiger partial charge in [0, 0.05) is 18.4 Å². The van der Waals surface area contributed by atoms with Crippen LogP contribution in [0.25, 0.3) is 0 Å². The summed E-state index contributed by atoms with van der Waals surface area (Å²) in [7, 11) is 0. The van der Waals surface area contributed by atoms with Crippen LogP contribution in [0.15, 0.2) is 24.5 Å². The standard InChI is InChI=1S/C16H21N3O3/c20-13-10-22-15(14(19-13)11-5-4-8-17-9-11)16(21)18-12-6-2-1-3-7-12/h4-5,8-9,12,14-15H,1-3,6-7,10H2,(H,18,21)(H,19,20)/t14-,15+/m1/s1. The van der Waals surface area contributed by atoms with Gasteiger partial charge in [-0.05, 0) is 24.5 Å². The molecular formula is C16H21N3O3. The molecule has 1 aliphatic heterocycles. The zero-order valence-electron chi connectivity index (χ0n) is 12.5. The highest BCUT2D eigenvalue weighted by Gasteiger charge is 2.37. The molecule has 1 saturated carbocycles. The van der Waals surface area contributed by atoms with Gasteiger partial charge in [-0.15, -0.1) is 0 Å². The van der Waals surface area contributed by atoms with E-state index in [1.807, 2.05) is 6.07 Å². The van der Waals surface area contributed by atoms with E-state index in [9.17, 15) is 9.59 Å². The summed E-state index contributed by atoms with van der Waals surface area (Å²) in [5, 5.41) is 5.90. The quantitative estimate of drug-likeness (QED) is 0.876. The minimum absolute atomic E-state index is 0.0838. The molecule has 3 rings (SSSR count). The van der Waals surface area contributed by atoms with Crippen molar-refractivity contribution in [3.63, 3.8) is 0 Å². The number of aromatic nitrogens is 1. The Labute approximate surface area is 129 Å². The van der Waals surface area contributed by atoms with Crippen LogP contribution in [0.1, 0.15) is 43.7 Å².